The predicted molar refractivity (Wildman–Crippen MR) is 94.2 cm³/mol. The maximum Gasteiger partial charge on any atom is 0.271 e. The molecule has 0 aliphatic carbocycles. The summed E-state index contributed by atoms with van der Waals surface area (Å²) < 4.78 is 10.9. The maximum atomic E-state index is 12.4. The van der Waals surface area contributed by atoms with Crippen LogP contribution in [-0.2, 0) is 11.2 Å². The monoisotopic (exact) mass is 344 g/mol. The van der Waals surface area contributed by atoms with Crippen LogP contribution < -0.4 is 14.8 Å². The van der Waals surface area contributed by atoms with Crippen LogP contribution in [-0.4, -0.2) is 24.0 Å². The summed E-state index contributed by atoms with van der Waals surface area (Å²) in [6.45, 7) is 3.62. The zero-order valence-corrected chi connectivity index (χ0v) is 14.3. The fourth-order valence-electron chi connectivity index (χ4n) is 2.30. The molecule has 0 aromatic heterocycles. The number of nitrogens with zero attached hydrogens (tertiary/aromatic N) is 1. The first-order valence-electron chi connectivity index (χ1n) is 7.84. The van der Waals surface area contributed by atoms with Gasteiger partial charge in [-0.25, -0.2) is 0 Å². The molecule has 0 spiro atoms. The Kier molecular flexibility index (Phi) is 5.94. The summed E-state index contributed by atoms with van der Waals surface area (Å²) >= 11 is 0. The van der Waals surface area contributed by atoms with Crippen molar-refractivity contribution in [3.63, 3.8) is 0 Å². The molecule has 1 unspecified atom stereocenters. The number of ether oxygens (including phenoxy) is 2. The Labute approximate surface area is 145 Å². The smallest absolute Gasteiger partial charge is 0.271 e. The van der Waals surface area contributed by atoms with Gasteiger partial charge in [0, 0.05) is 12.1 Å². The third kappa shape index (κ3) is 4.47. The molecule has 1 N–H and O–H groups in total. The Hall–Kier alpha value is -3.09. The number of hydrogen-bond acceptors (Lipinski definition) is 5. The van der Waals surface area contributed by atoms with Gasteiger partial charge < -0.3 is 14.8 Å². The number of non-ortho nitro benzene ring substituents is 1. The van der Waals surface area contributed by atoms with Crippen molar-refractivity contribution in [2.45, 2.75) is 26.4 Å². The zero-order valence-electron chi connectivity index (χ0n) is 14.3. The number of para-hydroxylation sites is 1. The molecule has 0 aliphatic heterocycles. The SMILES string of the molecule is CCc1ccccc1OC(C)C(=O)Nc1cc([N+](=O)[O-])ccc1OC. The van der Waals surface area contributed by atoms with Gasteiger partial charge in [-0.05, 0) is 31.0 Å². The first-order chi connectivity index (χ1) is 12.0. The van der Waals surface area contributed by atoms with Crippen LogP contribution in [0.4, 0.5) is 11.4 Å². The number of aryl methyl sites for hydroxylation is 1. The average Bonchev–Trinajstić information content (AvgIpc) is 2.61. The fourth-order valence-corrected chi connectivity index (χ4v) is 2.30. The van der Waals surface area contributed by atoms with Crippen molar-refractivity contribution in [2.24, 2.45) is 0 Å². The van der Waals surface area contributed by atoms with Crippen LogP contribution in [0.3, 0.4) is 0 Å². The normalized spacial score (nSPS) is 11.5. The molecule has 0 fully saturated rings. The minimum atomic E-state index is -0.781. The van der Waals surface area contributed by atoms with E-state index < -0.39 is 16.9 Å². The summed E-state index contributed by atoms with van der Waals surface area (Å²) in [6, 6.07) is 11.5. The summed E-state index contributed by atoms with van der Waals surface area (Å²) in [5.41, 5.74) is 1.08. The van der Waals surface area contributed by atoms with Crippen LogP contribution in [0.1, 0.15) is 19.4 Å². The molecule has 0 aliphatic rings. The van der Waals surface area contributed by atoms with Gasteiger partial charge in [-0.1, -0.05) is 25.1 Å². The third-order valence-corrected chi connectivity index (χ3v) is 3.68. The van der Waals surface area contributed by atoms with Gasteiger partial charge in [-0.3, -0.25) is 14.9 Å². The number of methoxy groups -OCH3 is 1. The lowest BCUT2D eigenvalue weighted by Crippen LogP contribution is -2.30. The molecule has 132 valence electrons. The molecule has 1 atom stereocenters. The van der Waals surface area contributed by atoms with Gasteiger partial charge in [0.05, 0.1) is 17.7 Å². The zero-order chi connectivity index (χ0) is 18.4. The second-order valence-electron chi connectivity index (χ2n) is 5.35. The van der Waals surface area contributed by atoms with Gasteiger partial charge in [0.25, 0.3) is 11.6 Å². The second kappa shape index (κ2) is 8.14. The summed E-state index contributed by atoms with van der Waals surface area (Å²) in [5.74, 6) is 0.545. The topological polar surface area (TPSA) is 90.7 Å². The lowest BCUT2D eigenvalue weighted by Gasteiger charge is -2.17. The van der Waals surface area contributed by atoms with Crippen LogP contribution in [0.2, 0.25) is 0 Å². The summed E-state index contributed by atoms with van der Waals surface area (Å²) in [6.07, 6.45) is 0.000105. The minimum absolute atomic E-state index is 0.138. The average molecular weight is 344 g/mol. The van der Waals surface area contributed by atoms with Gasteiger partial charge in [0.15, 0.2) is 6.10 Å². The molecule has 2 rings (SSSR count). The number of anilines is 1. The van der Waals surface area contributed by atoms with Gasteiger partial charge in [-0.2, -0.15) is 0 Å². The minimum Gasteiger partial charge on any atom is -0.495 e. The Morgan fingerprint density at radius 1 is 1.24 bits per heavy atom. The highest BCUT2D eigenvalue weighted by molar-refractivity contribution is 5.95. The van der Waals surface area contributed by atoms with Gasteiger partial charge in [-0.15, -0.1) is 0 Å². The molecule has 0 saturated carbocycles. The molecule has 1 amide bonds. The van der Waals surface area contributed by atoms with Gasteiger partial charge >= 0.3 is 0 Å². The molecule has 0 radical (unpaired) electrons. The number of benzene rings is 2. The number of nitro benzene ring substituents is 1. The molecule has 2 aromatic carbocycles. The maximum absolute atomic E-state index is 12.4. The van der Waals surface area contributed by atoms with E-state index in [-0.39, 0.29) is 11.4 Å². The molecule has 7 heteroatoms. The number of rotatable bonds is 7. The lowest BCUT2D eigenvalue weighted by molar-refractivity contribution is -0.384. The van der Waals surface area contributed by atoms with Gasteiger partial charge in [0.1, 0.15) is 11.5 Å². The van der Waals surface area contributed by atoms with E-state index in [0.29, 0.717) is 11.5 Å². The molecule has 7 nitrogen and oxygen atoms in total. The first kappa shape index (κ1) is 18.3. The Morgan fingerprint density at radius 2 is 1.96 bits per heavy atom. The quantitative estimate of drug-likeness (QED) is 0.612. The summed E-state index contributed by atoms with van der Waals surface area (Å²) in [7, 11) is 1.42. The van der Waals surface area contributed by atoms with E-state index in [1.165, 1.54) is 25.3 Å². The van der Waals surface area contributed by atoms with Crippen LogP contribution in [0, 0.1) is 10.1 Å². The highest BCUT2D eigenvalue weighted by Crippen LogP contribution is 2.29. The largest absolute Gasteiger partial charge is 0.495 e. The second-order valence-corrected chi connectivity index (χ2v) is 5.35. The van der Waals surface area contributed by atoms with Gasteiger partial charge in [0.2, 0.25) is 0 Å². The predicted octanol–water partition coefficient (Wildman–Crippen LogP) is 3.57. The highest BCUT2D eigenvalue weighted by Gasteiger charge is 2.19. The molecule has 25 heavy (non-hydrogen) atoms. The van der Waals surface area contributed by atoms with E-state index in [4.69, 9.17) is 9.47 Å². The number of amides is 1. The molecule has 0 saturated heterocycles. The molecule has 2 aromatic rings. The number of hydrogen-bond donors (Lipinski definition) is 1. The lowest BCUT2D eigenvalue weighted by atomic mass is 10.1. The van der Waals surface area contributed by atoms with E-state index in [9.17, 15) is 14.9 Å². The number of carbonyl (C=O) groups is 1. The number of carbonyl (C=O) groups excluding carboxylic acids is 1. The third-order valence-electron chi connectivity index (χ3n) is 3.68. The van der Waals surface area contributed by atoms with Crippen molar-refractivity contribution in [3.05, 3.63) is 58.1 Å². The van der Waals surface area contributed by atoms with E-state index >= 15 is 0 Å². The summed E-state index contributed by atoms with van der Waals surface area (Å²) in [5, 5.41) is 13.5. The van der Waals surface area contributed by atoms with Crippen molar-refractivity contribution in [1.29, 1.82) is 0 Å². The van der Waals surface area contributed by atoms with Crippen LogP contribution >= 0.6 is 0 Å². The van der Waals surface area contributed by atoms with Crippen molar-refractivity contribution >= 4 is 17.3 Å². The Morgan fingerprint density at radius 3 is 2.60 bits per heavy atom. The Bertz CT molecular complexity index is 776. The number of nitrogens with one attached hydrogen (secondary N) is 1. The van der Waals surface area contributed by atoms with E-state index in [2.05, 4.69) is 5.32 Å². The van der Waals surface area contributed by atoms with Crippen molar-refractivity contribution in [1.82, 2.24) is 0 Å². The summed E-state index contributed by atoms with van der Waals surface area (Å²) in [4.78, 5) is 22.8. The molecular weight excluding hydrogens is 324 g/mol. The van der Waals surface area contributed by atoms with E-state index in [0.717, 1.165) is 12.0 Å². The van der Waals surface area contributed by atoms with Crippen molar-refractivity contribution in [2.75, 3.05) is 12.4 Å². The molecule has 0 heterocycles. The van der Waals surface area contributed by atoms with Crippen LogP contribution in [0.15, 0.2) is 42.5 Å². The molecule has 0 bridgehead atoms. The molecular formula is C18H20N2O5. The van der Waals surface area contributed by atoms with E-state index in [1.807, 2.05) is 25.1 Å². The van der Waals surface area contributed by atoms with Crippen molar-refractivity contribution < 1.29 is 19.2 Å². The first-order valence-corrected chi connectivity index (χ1v) is 7.84. The van der Waals surface area contributed by atoms with Crippen molar-refractivity contribution in [3.8, 4) is 11.5 Å². The standard InChI is InChI=1S/C18H20N2O5/c1-4-13-7-5-6-8-16(13)25-12(2)18(21)19-15-11-14(20(22)23)9-10-17(15)24-3/h5-12H,4H2,1-3H3,(H,19,21). The van der Waals surface area contributed by atoms with Crippen LogP contribution in [0.5, 0.6) is 11.5 Å². The number of nitro groups is 1. The fraction of sp³-hybridized carbons (Fsp3) is 0.278. The van der Waals surface area contributed by atoms with E-state index in [1.54, 1.807) is 13.0 Å². The Balaban J connectivity index is 2.15. The highest BCUT2D eigenvalue weighted by atomic mass is 16.6. The van der Waals surface area contributed by atoms with Crippen LogP contribution in [0.25, 0.3) is 0 Å².